The standard InChI is InChI=1S/C11H12O2/c1-5-11(6-2)12-7-10(8-13-11)9(3)4/h1-3,9-10H,7-8H2,4H3. The Morgan fingerprint density at radius 3 is 2.08 bits per heavy atom. The van der Waals surface area contributed by atoms with Gasteiger partial charge in [-0.3, -0.25) is 0 Å². The number of terminal acetylenes is 2. The number of rotatable bonds is 1. The van der Waals surface area contributed by atoms with Gasteiger partial charge in [-0.25, -0.2) is 0 Å². The summed E-state index contributed by atoms with van der Waals surface area (Å²) in [4.78, 5) is 0. The Morgan fingerprint density at radius 2 is 1.77 bits per heavy atom. The predicted molar refractivity (Wildman–Crippen MR) is 49.3 cm³/mol. The van der Waals surface area contributed by atoms with Crippen LogP contribution in [0.15, 0.2) is 0 Å². The van der Waals surface area contributed by atoms with E-state index in [1.165, 1.54) is 0 Å². The Bertz CT molecular complexity index is 230. The van der Waals surface area contributed by atoms with Crippen LogP contribution in [0.2, 0.25) is 0 Å². The number of ether oxygens (including phenoxy) is 2. The molecule has 1 atom stereocenters. The first kappa shape index (κ1) is 10.1. The third-order valence-corrected chi connectivity index (χ3v) is 2.12. The lowest BCUT2D eigenvalue weighted by Gasteiger charge is -2.34. The second kappa shape index (κ2) is 3.83. The van der Waals surface area contributed by atoms with Gasteiger partial charge in [-0.2, -0.15) is 0 Å². The minimum absolute atomic E-state index is 0.0218. The van der Waals surface area contributed by atoms with E-state index in [9.17, 15) is 0 Å². The molecule has 2 heteroatoms. The molecule has 13 heavy (non-hydrogen) atoms. The quantitative estimate of drug-likeness (QED) is 0.554. The summed E-state index contributed by atoms with van der Waals surface area (Å²) >= 11 is 0. The van der Waals surface area contributed by atoms with Gasteiger partial charge in [-0.15, -0.1) is 12.8 Å². The summed E-state index contributed by atoms with van der Waals surface area (Å²) in [6.07, 6.45) is 10.4. The summed E-state index contributed by atoms with van der Waals surface area (Å²) in [6, 6.07) is 0. The summed E-state index contributed by atoms with van der Waals surface area (Å²) < 4.78 is 10.5. The van der Waals surface area contributed by atoms with Crippen LogP contribution in [-0.2, 0) is 9.47 Å². The van der Waals surface area contributed by atoms with Gasteiger partial charge < -0.3 is 9.47 Å². The summed E-state index contributed by atoms with van der Waals surface area (Å²) in [5, 5.41) is 0. The van der Waals surface area contributed by atoms with Crippen molar-refractivity contribution in [1.82, 2.24) is 0 Å². The van der Waals surface area contributed by atoms with Crippen molar-refractivity contribution in [3.63, 3.8) is 0 Å². The van der Waals surface area contributed by atoms with E-state index in [2.05, 4.69) is 11.8 Å². The van der Waals surface area contributed by atoms with Gasteiger partial charge in [0.2, 0.25) is 0 Å². The van der Waals surface area contributed by atoms with Crippen LogP contribution in [0.3, 0.4) is 0 Å². The first-order valence-corrected chi connectivity index (χ1v) is 4.12. The monoisotopic (exact) mass is 176 g/mol. The fraction of sp³-hybridized carbons (Fsp3) is 0.545. The highest BCUT2D eigenvalue weighted by Crippen LogP contribution is 2.24. The maximum absolute atomic E-state index is 5.68. The molecule has 68 valence electrons. The maximum Gasteiger partial charge on any atom is 0.300 e. The largest absolute Gasteiger partial charge is 0.329 e. The Hall–Kier alpha value is -0.960. The molecule has 0 spiro atoms. The molecule has 0 aromatic carbocycles. The number of hydrogen-bond acceptors (Lipinski definition) is 2. The number of hydrogen-bond donors (Lipinski definition) is 0. The van der Waals surface area contributed by atoms with Gasteiger partial charge >= 0.3 is 0 Å². The highest BCUT2D eigenvalue weighted by molar-refractivity contribution is 5.20. The molecule has 1 fully saturated rings. The third-order valence-electron chi connectivity index (χ3n) is 2.12. The van der Waals surface area contributed by atoms with E-state index in [1.54, 1.807) is 0 Å². The van der Waals surface area contributed by atoms with Crippen LogP contribution in [0.1, 0.15) is 6.92 Å². The van der Waals surface area contributed by atoms with Gasteiger partial charge in [0.1, 0.15) is 0 Å². The van der Waals surface area contributed by atoms with Crippen molar-refractivity contribution in [3.05, 3.63) is 6.92 Å². The van der Waals surface area contributed by atoms with Crippen LogP contribution < -0.4 is 0 Å². The zero-order valence-corrected chi connectivity index (χ0v) is 7.62. The first-order chi connectivity index (χ1) is 6.13. The van der Waals surface area contributed by atoms with Crippen molar-refractivity contribution >= 4 is 0 Å². The van der Waals surface area contributed by atoms with Crippen molar-refractivity contribution in [2.24, 2.45) is 11.8 Å². The van der Waals surface area contributed by atoms with E-state index < -0.39 is 5.79 Å². The molecule has 1 aliphatic rings. The van der Waals surface area contributed by atoms with Crippen LogP contribution in [0.5, 0.6) is 0 Å². The lowest BCUT2D eigenvalue weighted by molar-refractivity contribution is -0.218. The average molecular weight is 176 g/mol. The molecule has 0 aliphatic carbocycles. The lowest BCUT2D eigenvalue weighted by Crippen LogP contribution is -2.43. The Labute approximate surface area is 79.6 Å². The van der Waals surface area contributed by atoms with E-state index in [-0.39, 0.29) is 11.8 Å². The molecule has 1 heterocycles. The third kappa shape index (κ3) is 2.04. The first-order valence-electron chi connectivity index (χ1n) is 4.12. The van der Waals surface area contributed by atoms with Crippen LogP contribution in [0.25, 0.3) is 0 Å². The highest BCUT2D eigenvalue weighted by atomic mass is 16.7. The van der Waals surface area contributed by atoms with Crippen LogP contribution in [-0.4, -0.2) is 19.0 Å². The molecule has 2 nitrogen and oxygen atoms in total. The minimum Gasteiger partial charge on any atom is -0.329 e. The Morgan fingerprint density at radius 1 is 1.31 bits per heavy atom. The SMILES string of the molecule is [CH]C(C)C1COC(C#C)(C#C)OC1. The van der Waals surface area contributed by atoms with Crippen molar-refractivity contribution in [3.8, 4) is 24.7 Å². The summed E-state index contributed by atoms with van der Waals surface area (Å²) in [5.74, 6) is 3.52. The zero-order valence-electron chi connectivity index (χ0n) is 7.62. The smallest absolute Gasteiger partial charge is 0.300 e. The van der Waals surface area contributed by atoms with Gasteiger partial charge in [-0.05, 0) is 24.7 Å². The molecule has 0 amide bonds. The van der Waals surface area contributed by atoms with E-state index in [4.69, 9.17) is 29.2 Å². The molecule has 0 bridgehead atoms. The molecule has 0 aromatic heterocycles. The average Bonchev–Trinajstić information content (AvgIpc) is 2.18. The normalized spacial score (nSPS) is 22.2. The molecular weight excluding hydrogens is 164 g/mol. The second-order valence-electron chi connectivity index (χ2n) is 3.15. The summed E-state index contributed by atoms with van der Waals surface area (Å²) in [6.45, 7) is 8.48. The van der Waals surface area contributed by atoms with Gasteiger partial charge in [0, 0.05) is 5.92 Å². The molecule has 1 unspecified atom stereocenters. The lowest BCUT2D eigenvalue weighted by atomic mass is 9.96. The fourth-order valence-corrected chi connectivity index (χ4v) is 1.05. The maximum atomic E-state index is 5.68. The van der Waals surface area contributed by atoms with Crippen LogP contribution in [0.4, 0.5) is 0 Å². The summed E-state index contributed by atoms with van der Waals surface area (Å²) in [7, 11) is 0. The molecule has 1 aliphatic heterocycles. The topological polar surface area (TPSA) is 18.5 Å². The molecule has 1 rings (SSSR count). The molecule has 0 N–H and O–H groups in total. The summed E-state index contributed by atoms with van der Waals surface area (Å²) in [5.41, 5.74) is 0. The van der Waals surface area contributed by atoms with Gasteiger partial charge in [0.25, 0.3) is 5.79 Å². The van der Waals surface area contributed by atoms with Gasteiger partial charge in [0.15, 0.2) is 0 Å². The van der Waals surface area contributed by atoms with Crippen molar-refractivity contribution in [2.75, 3.05) is 13.2 Å². The van der Waals surface area contributed by atoms with Gasteiger partial charge in [0.05, 0.1) is 13.2 Å². The van der Waals surface area contributed by atoms with E-state index in [1.807, 2.05) is 6.92 Å². The molecule has 2 radical (unpaired) electrons. The minimum atomic E-state index is -1.27. The van der Waals surface area contributed by atoms with Crippen LogP contribution >= 0.6 is 0 Å². The van der Waals surface area contributed by atoms with E-state index in [0.717, 1.165) is 0 Å². The van der Waals surface area contributed by atoms with Crippen molar-refractivity contribution in [2.45, 2.75) is 12.7 Å². The molecule has 0 saturated carbocycles. The highest BCUT2D eigenvalue weighted by Gasteiger charge is 2.35. The van der Waals surface area contributed by atoms with Crippen molar-refractivity contribution in [1.29, 1.82) is 0 Å². The van der Waals surface area contributed by atoms with E-state index >= 15 is 0 Å². The fourth-order valence-electron chi connectivity index (χ4n) is 1.05. The van der Waals surface area contributed by atoms with E-state index in [0.29, 0.717) is 13.2 Å². The Balaban J connectivity index is 2.58. The Kier molecular flexibility index (Phi) is 2.98. The molecular formula is C11H12O2. The predicted octanol–water partition coefficient (Wildman–Crippen LogP) is 0.959. The van der Waals surface area contributed by atoms with Crippen molar-refractivity contribution < 1.29 is 9.47 Å². The molecule has 1 saturated heterocycles. The van der Waals surface area contributed by atoms with Crippen LogP contribution in [0, 0.1) is 43.4 Å². The van der Waals surface area contributed by atoms with Gasteiger partial charge in [-0.1, -0.05) is 6.92 Å². The second-order valence-corrected chi connectivity index (χ2v) is 3.15. The molecule has 0 aromatic rings. The zero-order chi connectivity index (χ0) is 9.90.